The number of halogens is 3. The molecular formula is C22H20F3N3O2. The minimum Gasteiger partial charge on any atom is -0.478 e. The van der Waals surface area contributed by atoms with Gasteiger partial charge in [-0.2, -0.15) is 18.3 Å². The van der Waals surface area contributed by atoms with Crippen molar-refractivity contribution in [2.75, 3.05) is 6.61 Å². The van der Waals surface area contributed by atoms with Gasteiger partial charge in [0, 0.05) is 11.6 Å². The van der Waals surface area contributed by atoms with E-state index in [0.717, 1.165) is 30.7 Å². The molecule has 5 nitrogen and oxygen atoms in total. The molecule has 2 aromatic carbocycles. The summed E-state index contributed by atoms with van der Waals surface area (Å²) in [4.78, 5) is 16.3. The number of nitrogens with zero attached hydrogens (tertiary/aromatic N) is 3. The van der Waals surface area contributed by atoms with Gasteiger partial charge >= 0.3 is 6.18 Å². The lowest BCUT2D eigenvalue weighted by Gasteiger charge is -2.13. The van der Waals surface area contributed by atoms with E-state index in [9.17, 15) is 18.0 Å². The quantitative estimate of drug-likeness (QED) is 0.543. The Hall–Kier alpha value is -3.42. The molecule has 156 valence electrons. The van der Waals surface area contributed by atoms with Gasteiger partial charge in [-0.05, 0) is 36.8 Å². The lowest BCUT2D eigenvalue weighted by atomic mass is 10.1. The fourth-order valence-corrected chi connectivity index (χ4v) is 2.66. The molecule has 0 bridgehead atoms. The summed E-state index contributed by atoms with van der Waals surface area (Å²) in [5.74, 6) is -0.410. The smallest absolute Gasteiger partial charge is 0.416 e. The van der Waals surface area contributed by atoms with Crippen LogP contribution in [-0.2, 0) is 6.18 Å². The van der Waals surface area contributed by atoms with Crippen LogP contribution in [0.15, 0.2) is 71.9 Å². The number of benzene rings is 2. The lowest BCUT2D eigenvalue weighted by molar-refractivity contribution is -0.137. The predicted molar refractivity (Wildman–Crippen MR) is 105 cm³/mol. The highest BCUT2D eigenvalue weighted by atomic mass is 19.4. The van der Waals surface area contributed by atoms with Gasteiger partial charge in [-0.15, -0.1) is 0 Å². The molecule has 1 heterocycles. The first-order valence-electron chi connectivity index (χ1n) is 9.42. The standard InChI is InChI=1S/C22H20F3N3O2/c1-2-3-12-30-20-14-18(15-26-28(20)19-10-5-4-6-11-19)27-21(29)16-8-7-9-17(13-16)22(23,24)25/h4-11,13-15H,2-3,12H2,1H3. The minimum absolute atomic E-state index is 0.155. The second-order valence-electron chi connectivity index (χ2n) is 6.50. The number of rotatable bonds is 6. The van der Waals surface area contributed by atoms with Gasteiger partial charge in [0.15, 0.2) is 0 Å². The van der Waals surface area contributed by atoms with Gasteiger partial charge in [-0.25, -0.2) is 9.67 Å². The van der Waals surface area contributed by atoms with Crippen LogP contribution in [0, 0.1) is 0 Å². The highest BCUT2D eigenvalue weighted by molar-refractivity contribution is 5.95. The number of para-hydroxylation sites is 1. The Morgan fingerprint density at radius 2 is 1.87 bits per heavy atom. The molecule has 3 aromatic rings. The summed E-state index contributed by atoms with van der Waals surface area (Å²) in [6, 6.07) is 15.0. The van der Waals surface area contributed by atoms with Crippen molar-refractivity contribution in [1.82, 2.24) is 9.78 Å². The van der Waals surface area contributed by atoms with Crippen molar-refractivity contribution in [3.8, 4) is 11.6 Å². The summed E-state index contributed by atoms with van der Waals surface area (Å²) in [7, 11) is 0. The number of carbonyl (C=O) groups is 1. The molecule has 0 fully saturated rings. The molecule has 0 spiro atoms. The van der Waals surface area contributed by atoms with Crippen LogP contribution in [0.25, 0.3) is 5.69 Å². The third-order valence-corrected chi connectivity index (χ3v) is 4.20. The Morgan fingerprint density at radius 1 is 1.10 bits per heavy atom. The molecule has 1 amide bonds. The zero-order valence-corrected chi connectivity index (χ0v) is 16.3. The van der Waals surface area contributed by atoms with Crippen LogP contribution in [0.5, 0.6) is 5.88 Å². The average molecular weight is 415 g/mol. The minimum atomic E-state index is -4.54. The maximum absolute atomic E-state index is 12.9. The van der Waals surface area contributed by atoms with Crippen molar-refractivity contribution < 1.29 is 22.7 Å². The van der Waals surface area contributed by atoms with E-state index in [1.807, 2.05) is 37.3 Å². The summed E-state index contributed by atoms with van der Waals surface area (Å²) < 4.78 is 46.1. The van der Waals surface area contributed by atoms with Crippen LogP contribution in [0.1, 0.15) is 35.7 Å². The SMILES string of the molecule is CCCCOc1cc(=NC(=O)c2cccc(C(F)(F)F)c2)cnn1-c1ccccc1. The normalized spacial score (nSPS) is 12.1. The third-order valence-electron chi connectivity index (χ3n) is 4.20. The Kier molecular flexibility index (Phi) is 6.66. The lowest BCUT2D eigenvalue weighted by Crippen LogP contribution is -2.16. The summed E-state index contributed by atoms with van der Waals surface area (Å²) in [5.41, 5.74) is -0.293. The largest absolute Gasteiger partial charge is 0.478 e. The molecule has 1 aromatic heterocycles. The number of amides is 1. The van der Waals surface area contributed by atoms with Gasteiger partial charge in [0.05, 0.1) is 29.4 Å². The molecule has 0 N–H and O–H groups in total. The number of carbonyl (C=O) groups excluding carboxylic acids is 1. The number of unbranched alkanes of at least 4 members (excludes halogenated alkanes) is 1. The summed E-state index contributed by atoms with van der Waals surface area (Å²) in [6.45, 7) is 2.49. The predicted octanol–water partition coefficient (Wildman–Crippen LogP) is 4.81. The highest BCUT2D eigenvalue weighted by Crippen LogP contribution is 2.29. The number of alkyl halides is 3. The molecule has 0 radical (unpaired) electrons. The van der Waals surface area contributed by atoms with Crippen LogP contribution >= 0.6 is 0 Å². The number of hydrogen-bond donors (Lipinski definition) is 0. The molecule has 0 unspecified atom stereocenters. The third kappa shape index (κ3) is 5.34. The van der Waals surface area contributed by atoms with Gasteiger partial charge in [0.25, 0.3) is 5.91 Å². The van der Waals surface area contributed by atoms with E-state index in [1.165, 1.54) is 18.3 Å². The second kappa shape index (κ2) is 9.39. The molecule has 0 saturated heterocycles. The van der Waals surface area contributed by atoms with E-state index < -0.39 is 17.6 Å². The van der Waals surface area contributed by atoms with Crippen molar-refractivity contribution in [2.24, 2.45) is 4.99 Å². The van der Waals surface area contributed by atoms with Crippen LogP contribution in [-0.4, -0.2) is 22.3 Å². The van der Waals surface area contributed by atoms with Crippen LogP contribution in [0.2, 0.25) is 0 Å². The Labute approximate surface area is 171 Å². The van der Waals surface area contributed by atoms with Crippen LogP contribution < -0.4 is 10.1 Å². The summed E-state index contributed by atoms with van der Waals surface area (Å²) in [5, 5.41) is 4.49. The molecule has 0 aliphatic carbocycles. The Morgan fingerprint density at radius 3 is 2.57 bits per heavy atom. The number of hydrogen-bond acceptors (Lipinski definition) is 3. The van der Waals surface area contributed by atoms with E-state index in [-0.39, 0.29) is 10.9 Å². The van der Waals surface area contributed by atoms with E-state index in [1.54, 1.807) is 10.7 Å². The topological polar surface area (TPSA) is 56.5 Å². The monoisotopic (exact) mass is 415 g/mol. The number of aromatic nitrogens is 2. The molecular weight excluding hydrogens is 395 g/mol. The van der Waals surface area contributed by atoms with Gasteiger partial charge in [0.1, 0.15) is 0 Å². The Balaban J connectivity index is 1.96. The molecule has 0 atom stereocenters. The number of ether oxygens (including phenoxy) is 1. The van der Waals surface area contributed by atoms with Crippen LogP contribution in [0.4, 0.5) is 13.2 Å². The average Bonchev–Trinajstić information content (AvgIpc) is 2.74. The van der Waals surface area contributed by atoms with Crippen molar-refractivity contribution in [2.45, 2.75) is 25.9 Å². The first kappa shape index (κ1) is 21.3. The molecule has 3 rings (SSSR count). The molecule has 0 aliphatic rings. The van der Waals surface area contributed by atoms with Gasteiger partial charge in [-0.3, -0.25) is 4.79 Å². The maximum atomic E-state index is 12.9. The second-order valence-corrected chi connectivity index (χ2v) is 6.50. The van der Waals surface area contributed by atoms with Crippen molar-refractivity contribution in [3.05, 3.63) is 83.3 Å². The van der Waals surface area contributed by atoms with Crippen molar-refractivity contribution in [1.29, 1.82) is 0 Å². The van der Waals surface area contributed by atoms with Crippen LogP contribution in [0.3, 0.4) is 0 Å². The van der Waals surface area contributed by atoms with E-state index >= 15 is 0 Å². The first-order chi connectivity index (χ1) is 14.4. The zero-order chi connectivity index (χ0) is 21.6. The summed E-state index contributed by atoms with van der Waals surface area (Å²) >= 11 is 0. The fourth-order valence-electron chi connectivity index (χ4n) is 2.66. The van der Waals surface area contributed by atoms with Crippen molar-refractivity contribution in [3.63, 3.8) is 0 Å². The highest BCUT2D eigenvalue weighted by Gasteiger charge is 2.30. The van der Waals surface area contributed by atoms with Gasteiger partial charge < -0.3 is 4.74 Å². The fraction of sp³-hybridized carbons (Fsp3) is 0.227. The molecule has 8 heteroatoms. The van der Waals surface area contributed by atoms with Gasteiger partial charge in [0.2, 0.25) is 5.88 Å². The van der Waals surface area contributed by atoms with E-state index in [2.05, 4.69) is 10.1 Å². The molecule has 0 aliphatic heterocycles. The summed E-state index contributed by atoms with van der Waals surface area (Å²) in [6.07, 6.45) is -1.40. The Bertz CT molecular complexity index is 1080. The van der Waals surface area contributed by atoms with E-state index in [4.69, 9.17) is 4.74 Å². The first-order valence-corrected chi connectivity index (χ1v) is 9.42. The maximum Gasteiger partial charge on any atom is 0.416 e. The van der Waals surface area contributed by atoms with Gasteiger partial charge in [-0.1, -0.05) is 37.6 Å². The molecule has 30 heavy (non-hydrogen) atoms. The van der Waals surface area contributed by atoms with E-state index in [0.29, 0.717) is 12.5 Å². The van der Waals surface area contributed by atoms with Crippen molar-refractivity contribution >= 4 is 5.91 Å². The molecule has 0 saturated carbocycles. The zero-order valence-electron chi connectivity index (χ0n) is 16.3.